The molecule has 1 saturated carbocycles. The molecule has 1 fully saturated rings. The molecule has 0 amide bonds. The van der Waals surface area contributed by atoms with Gasteiger partial charge in [-0.25, -0.2) is 0 Å². The van der Waals surface area contributed by atoms with E-state index in [0.29, 0.717) is 0 Å². The summed E-state index contributed by atoms with van der Waals surface area (Å²) < 4.78 is 0. The van der Waals surface area contributed by atoms with Gasteiger partial charge in [0.15, 0.2) is 0 Å². The van der Waals surface area contributed by atoms with E-state index >= 15 is 0 Å². The maximum absolute atomic E-state index is 5.16. The Hall–Kier alpha value is -1.10. The Bertz CT molecular complexity index is 1250. The number of nitrogens with zero attached hydrogens (tertiary/aromatic N) is 2. The molecule has 3 nitrogen and oxygen atoms in total. The molecule has 5 rings (SSSR count). The summed E-state index contributed by atoms with van der Waals surface area (Å²) in [7, 11) is 4.42. The second-order valence-electron chi connectivity index (χ2n) is 15.0. The maximum atomic E-state index is 5.16. The number of benzene rings is 1. The van der Waals surface area contributed by atoms with Gasteiger partial charge in [0.25, 0.3) is 0 Å². The van der Waals surface area contributed by atoms with E-state index in [1.807, 2.05) is 0 Å². The number of nitrogens with one attached hydrogen (secondary N) is 1. The fourth-order valence-corrected chi connectivity index (χ4v) is 8.22. The third-order valence-corrected chi connectivity index (χ3v) is 12.5. The molecule has 0 saturated heterocycles. The molecule has 4 heteroatoms. The summed E-state index contributed by atoms with van der Waals surface area (Å²) in [5.74, 6) is 5.13. The molecule has 4 unspecified atom stereocenters. The van der Waals surface area contributed by atoms with Crippen LogP contribution >= 0.6 is 0 Å². The molecule has 259 valence electrons. The summed E-state index contributed by atoms with van der Waals surface area (Å²) in [5.41, 5.74) is 13.4. The Kier molecular flexibility index (Phi) is 17.8. The van der Waals surface area contributed by atoms with Gasteiger partial charge in [-0.05, 0) is 156 Å². The number of allylic oxidation sites excluding steroid dienone is 3. The van der Waals surface area contributed by atoms with E-state index < -0.39 is 0 Å². The van der Waals surface area contributed by atoms with Crippen LogP contribution < -0.4 is 5.32 Å². The van der Waals surface area contributed by atoms with Crippen LogP contribution in [0.1, 0.15) is 87.3 Å². The van der Waals surface area contributed by atoms with Crippen molar-refractivity contribution < 1.29 is 32.7 Å². The average Bonchev–Trinajstić information content (AvgIpc) is 3.06. The van der Waals surface area contributed by atoms with Gasteiger partial charge in [-0.3, -0.25) is 6.08 Å². The molecule has 1 N–H and O–H groups in total. The third-order valence-electron chi connectivity index (χ3n) is 12.5. The van der Waals surface area contributed by atoms with Crippen molar-refractivity contribution in [3.8, 4) is 0 Å². The molecule has 0 aromatic heterocycles. The van der Waals surface area contributed by atoms with E-state index in [1.54, 1.807) is 17.2 Å². The van der Waals surface area contributed by atoms with Crippen LogP contribution in [0.5, 0.6) is 0 Å². The van der Waals surface area contributed by atoms with Crippen molar-refractivity contribution in [2.24, 2.45) is 35.5 Å². The SMILES string of the molecule is CC1C(C)C(C)C(C2=CCN(C)CC2)C(C)C1C.Cc1c(C)c(C)c(C2=CCN(C)CC2)c(C)c1C.[CH-]=CC=[C-]C1=CCNCC1.[Y]. The van der Waals surface area contributed by atoms with Gasteiger partial charge in [-0.1, -0.05) is 52.3 Å². The second-order valence-corrected chi connectivity index (χ2v) is 15.0. The summed E-state index contributed by atoms with van der Waals surface area (Å²) in [4.78, 5) is 4.80. The van der Waals surface area contributed by atoms with E-state index in [-0.39, 0.29) is 32.7 Å². The van der Waals surface area contributed by atoms with E-state index in [1.165, 1.54) is 71.0 Å². The van der Waals surface area contributed by atoms with Crippen molar-refractivity contribution in [2.75, 3.05) is 53.4 Å². The van der Waals surface area contributed by atoms with Crippen molar-refractivity contribution in [2.45, 2.75) is 88.5 Å². The molecule has 4 atom stereocenters. The quantitative estimate of drug-likeness (QED) is 0.191. The zero-order chi connectivity index (χ0) is 34.1. The van der Waals surface area contributed by atoms with Gasteiger partial charge >= 0.3 is 0 Å². The van der Waals surface area contributed by atoms with Crippen LogP contribution in [0.25, 0.3) is 5.57 Å². The Labute approximate surface area is 316 Å². The summed E-state index contributed by atoms with van der Waals surface area (Å²) >= 11 is 0. The second kappa shape index (κ2) is 19.9. The molecule has 4 aliphatic rings. The smallest absolute Gasteiger partial charge is 0.0166 e. The Morgan fingerprint density at radius 2 is 1.21 bits per heavy atom. The summed E-state index contributed by atoms with van der Waals surface area (Å²) in [6, 6.07) is 0. The Balaban J connectivity index is 0.000000253. The molecule has 1 aromatic carbocycles. The fourth-order valence-electron chi connectivity index (χ4n) is 8.22. The van der Waals surface area contributed by atoms with Crippen LogP contribution in [0.15, 0.2) is 41.5 Å². The van der Waals surface area contributed by atoms with Gasteiger partial charge in [0, 0.05) is 58.9 Å². The zero-order valence-electron chi connectivity index (χ0n) is 32.3. The van der Waals surface area contributed by atoms with Crippen LogP contribution in [0.3, 0.4) is 0 Å². The average molecular weight is 715 g/mol. The van der Waals surface area contributed by atoms with Gasteiger partial charge in [0.1, 0.15) is 0 Å². The van der Waals surface area contributed by atoms with Gasteiger partial charge < -0.3 is 33.8 Å². The number of hydrogen-bond acceptors (Lipinski definition) is 3. The first-order chi connectivity index (χ1) is 21.8. The molecule has 1 aromatic rings. The summed E-state index contributed by atoms with van der Waals surface area (Å²) in [6.45, 7) is 35.6. The van der Waals surface area contributed by atoms with E-state index in [0.717, 1.165) is 68.1 Å². The van der Waals surface area contributed by atoms with Crippen LogP contribution in [-0.4, -0.2) is 63.2 Å². The monoisotopic (exact) mass is 714 g/mol. The molecule has 0 spiro atoms. The number of rotatable bonds is 4. The van der Waals surface area contributed by atoms with Crippen molar-refractivity contribution >= 4 is 5.57 Å². The first-order valence-electron chi connectivity index (χ1n) is 18.1. The summed E-state index contributed by atoms with van der Waals surface area (Å²) in [5, 5.41) is 3.22. The molecule has 1 aliphatic carbocycles. The first kappa shape index (κ1) is 42.1. The normalized spacial score (nSPS) is 28.5. The van der Waals surface area contributed by atoms with Crippen molar-refractivity contribution in [3.63, 3.8) is 0 Å². The molecule has 3 heterocycles. The first-order valence-corrected chi connectivity index (χ1v) is 18.1. The van der Waals surface area contributed by atoms with Crippen LogP contribution in [-0.2, 0) is 32.7 Å². The minimum Gasteiger partial charge on any atom is -0.361 e. The van der Waals surface area contributed by atoms with Crippen LogP contribution in [0.4, 0.5) is 0 Å². The van der Waals surface area contributed by atoms with Gasteiger partial charge in [-0.15, -0.1) is 0 Å². The van der Waals surface area contributed by atoms with Gasteiger partial charge in [0.05, 0.1) is 0 Å². The minimum atomic E-state index is 0. The third kappa shape index (κ3) is 10.9. The number of likely N-dealkylation sites (N-methyl/N-ethyl adjacent to an activating group) is 2. The Morgan fingerprint density at radius 3 is 1.66 bits per heavy atom. The van der Waals surface area contributed by atoms with Crippen molar-refractivity contribution in [3.05, 3.63) is 87.6 Å². The van der Waals surface area contributed by atoms with E-state index in [4.69, 9.17) is 6.58 Å². The topological polar surface area (TPSA) is 18.5 Å². The minimum absolute atomic E-state index is 0. The van der Waals surface area contributed by atoms with Gasteiger partial charge in [-0.2, -0.15) is 11.6 Å². The molecule has 0 bridgehead atoms. The predicted octanol–water partition coefficient (Wildman–Crippen LogP) is 9.26. The maximum Gasteiger partial charge on any atom is 0.0166 e. The van der Waals surface area contributed by atoms with Crippen LogP contribution in [0.2, 0.25) is 0 Å². The Morgan fingerprint density at radius 1 is 0.702 bits per heavy atom. The molecule has 3 aliphatic heterocycles. The molecular formula is C43H67N3Y-2. The van der Waals surface area contributed by atoms with Crippen molar-refractivity contribution in [1.29, 1.82) is 0 Å². The van der Waals surface area contributed by atoms with E-state index in [9.17, 15) is 0 Å². The molecule has 1 radical (unpaired) electrons. The zero-order valence-corrected chi connectivity index (χ0v) is 35.1. The largest absolute Gasteiger partial charge is 0.361 e. The fraction of sp³-hybridized carbons (Fsp3) is 0.628. The predicted molar refractivity (Wildman–Crippen MR) is 202 cm³/mol. The van der Waals surface area contributed by atoms with Gasteiger partial charge in [0.2, 0.25) is 0 Å². The van der Waals surface area contributed by atoms with Crippen molar-refractivity contribution in [1.82, 2.24) is 15.1 Å². The van der Waals surface area contributed by atoms with Crippen LogP contribution in [0, 0.1) is 82.8 Å². The molecule has 47 heavy (non-hydrogen) atoms. The van der Waals surface area contributed by atoms with E-state index in [2.05, 4.69) is 123 Å². The number of hydrogen-bond donors (Lipinski definition) is 1. The standard InChI is InChI=1S/C17H31N.C17H25N.C9H11N.Y/c2*1-11-12(2)14(4)17(15(5)13(11)3)16-7-9-18(6)10-8-16;1-2-3-4-9-5-7-10-8-6-9;/h7,11-15,17H,8-10H2,1-6H3;7H,8-10H2,1-6H3;1-3,5,10H,6-8H2;/q;;-2;. The summed E-state index contributed by atoms with van der Waals surface area (Å²) in [6.07, 6.45) is 16.9. The molecular weight excluding hydrogens is 647 g/mol.